The maximum atomic E-state index is 4.69. The Labute approximate surface area is 123 Å². The monoisotopic (exact) mass is 287 g/mol. The molecule has 0 saturated carbocycles. The molecule has 2 aromatic heterocycles. The second-order valence-corrected chi connectivity index (χ2v) is 6.04. The van der Waals surface area contributed by atoms with Crippen LogP contribution < -0.4 is 10.2 Å². The van der Waals surface area contributed by atoms with Crippen LogP contribution in [-0.4, -0.2) is 64.3 Å². The van der Waals surface area contributed by atoms with Gasteiger partial charge in [-0.25, -0.2) is 0 Å². The Hall–Kier alpha value is -1.89. The number of nitrogens with one attached hydrogen (secondary N) is 2. The van der Waals surface area contributed by atoms with Crippen molar-refractivity contribution in [3.05, 3.63) is 6.20 Å². The molecule has 2 aliphatic heterocycles. The Morgan fingerprint density at radius 3 is 2.95 bits per heavy atom. The zero-order valence-corrected chi connectivity index (χ0v) is 12.5. The first-order valence-electron chi connectivity index (χ1n) is 7.62. The lowest BCUT2D eigenvalue weighted by molar-refractivity contribution is 0.254. The predicted octanol–water partition coefficient (Wildman–Crippen LogP) is 1.07. The van der Waals surface area contributed by atoms with Gasteiger partial charge in [-0.1, -0.05) is 0 Å². The molecule has 7 heteroatoms. The Bertz CT molecular complexity index is 652. The summed E-state index contributed by atoms with van der Waals surface area (Å²) in [5.74, 6) is 1.64. The molecule has 0 aliphatic carbocycles. The van der Waals surface area contributed by atoms with E-state index >= 15 is 0 Å². The predicted molar refractivity (Wildman–Crippen MR) is 82.6 cm³/mol. The molecule has 112 valence electrons. The molecule has 2 N–H and O–H groups in total. The summed E-state index contributed by atoms with van der Waals surface area (Å²) in [5.41, 5.74) is 0.798. The molecule has 2 unspecified atom stereocenters. The molecular formula is C14H21N7. The first-order valence-corrected chi connectivity index (χ1v) is 7.62. The van der Waals surface area contributed by atoms with Gasteiger partial charge in [-0.3, -0.25) is 10.00 Å². The van der Waals surface area contributed by atoms with E-state index in [0.29, 0.717) is 12.0 Å². The lowest BCUT2D eigenvalue weighted by Crippen LogP contribution is -2.37. The summed E-state index contributed by atoms with van der Waals surface area (Å²) in [6, 6.07) is 1.36. The van der Waals surface area contributed by atoms with E-state index < -0.39 is 0 Å². The second kappa shape index (κ2) is 4.84. The average Bonchev–Trinajstić information content (AvgIpc) is 3.03. The lowest BCUT2D eigenvalue weighted by atomic mass is 10.1. The third kappa shape index (κ3) is 2.03. The normalized spacial score (nSPS) is 26.3. The number of likely N-dealkylation sites (N-methyl/N-ethyl adjacent to an activating group) is 1. The smallest absolute Gasteiger partial charge is 0.226 e. The van der Waals surface area contributed by atoms with Crippen LogP contribution in [0.1, 0.15) is 19.3 Å². The zero-order valence-electron chi connectivity index (χ0n) is 12.5. The van der Waals surface area contributed by atoms with E-state index in [4.69, 9.17) is 4.98 Å². The Balaban J connectivity index is 1.74. The summed E-state index contributed by atoms with van der Waals surface area (Å²) in [6.07, 6.45) is 5.65. The highest BCUT2D eigenvalue weighted by Crippen LogP contribution is 2.32. The van der Waals surface area contributed by atoms with Crippen molar-refractivity contribution in [2.45, 2.75) is 31.3 Å². The van der Waals surface area contributed by atoms with Crippen molar-refractivity contribution in [3.8, 4) is 0 Å². The van der Waals surface area contributed by atoms with Crippen molar-refractivity contribution < 1.29 is 0 Å². The average molecular weight is 287 g/mol. The molecular weight excluding hydrogens is 266 g/mol. The summed E-state index contributed by atoms with van der Waals surface area (Å²) >= 11 is 0. The highest BCUT2D eigenvalue weighted by molar-refractivity contribution is 5.87. The number of hydrogen-bond donors (Lipinski definition) is 2. The van der Waals surface area contributed by atoms with E-state index in [9.17, 15) is 0 Å². The largest absolute Gasteiger partial charge is 0.357 e. The van der Waals surface area contributed by atoms with Gasteiger partial charge in [0, 0.05) is 32.2 Å². The SMILES string of the molecule is CNc1nc(N2CCC3CCC(C2)N3C)c2cn[nH]c2n1. The minimum atomic E-state index is 0.632. The van der Waals surface area contributed by atoms with E-state index in [1.54, 1.807) is 0 Å². The number of fused-ring (bicyclic) bond motifs is 3. The minimum absolute atomic E-state index is 0.632. The van der Waals surface area contributed by atoms with E-state index in [1.165, 1.54) is 19.3 Å². The summed E-state index contributed by atoms with van der Waals surface area (Å²) in [4.78, 5) is 14.1. The molecule has 2 fully saturated rings. The highest BCUT2D eigenvalue weighted by Gasteiger charge is 2.35. The van der Waals surface area contributed by atoms with Gasteiger partial charge in [0.1, 0.15) is 5.82 Å². The molecule has 0 radical (unpaired) electrons. The van der Waals surface area contributed by atoms with Crippen molar-refractivity contribution in [2.75, 3.05) is 37.4 Å². The van der Waals surface area contributed by atoms with Crippen LogP contribution in [0.5, 0.6) is 0 Å². The lowest BCUT2D eigenvalue weighted by Gasteiger charge is -2.27. The summed E-state index contributed by atoms with van der Waals surface area (Å²) < 4.78 is 0. The van der Waals surface area contributed by atoms with E-state index in [-0.39, 0.29) is 0 Å². The van der Waals surface area contributed by atoms with E-state index in [2.05, 4.69) is 37.3 Å². The molecule has 4 heterocycles. The first kappa shape index (κ1) is 12.8. The maximum absolute atomic E-state index is 4.69. The highest BCUT2D eigenvalue weighted by atomic mass is 15.3. The van der Waals surface area contributed by atoms with Gasteiger partial charge in [-0.15, -0.1) is 0 Å². The van der Waals surface area contributed by atoms with Crippen LogP contribution in [-0.2, 0) is 0 Å². The summed E-state index contributed by atoms with van der Waals surface area (Å²) in [6.45, 7) is 2.08. The molecule has 0 spiro atoms. The van der Waals surface area contributed by atoms with Gasteiger partial charge in [0.2, 0.25) is 5.95 Å². The standard InChI is InChI=1S/C14H21N7/c1-15-14-17-12-11(7-16-19-12)13(18-14)21-6-5-9-3-4-10(8-21)20(9)2/h7,9-10H,3-6,8H2,1-2H3,(H2,15,16,17,18,19). The molecule has 21 heavy (non-hydrogen) atoms. The molecule has 0 amide bonds. The Morgan fingerprint density at radius 1 is 1.24 bits per heavy atom. The van der Waals surface area contributed by atoms with E-state index in [0.717, 1.165) is 36.0 Å². The molecule has 2 aliphatic rings. The number of nitrogens with zero attached hydrogens (tertiary/aromatic N) is 5. The van der Waals surface area contributed by atoms with Gasteiger partial charge in [0.15, 0.2) is 5.65 Å². The van der Waals surface area contributed by atoms with Gasteiger partial charge in [-0.2, -0.15) is 15.1 Å². The Kier molecular flexibility index (Phi) is 2.95. The van der Waals surface area contributed by atoms with Gasteiger partial charge in [0.25, 0.3) is 0 Å². The van der Waals surface area contributed by atoms with Crippen LogP contribution in [0.25, 0.3) is 11.0 Å². The fourth-order valence-corrected chi connectivity index (χ4v) is 3.67. The number of hydrogen-bond acceptors (Lipinski definition) is 6. The maximum Gasteiger partial charge on any atom is 0.226 e. The van der Waals surface area contributed by atoms with Gasteiger partial charge in [-0.05, 0) is 26.3 Å². The van der Waals surface area contributed by atoms with Crippen LogP contribution >= 0.6 is 0 Å². The number of aromatic nitrogens is 4. The quantitative estimate of drug-likeness (QED) is 0.861. The third-order valence-corrected chi connectivity index (χ3v) is 4.96. The van der Waals surface area contributed by atoms with Crippen molar-refractivity contribution >= 4 is 22.8 Å². The molecule has 0 aromatic carbocycles. The third-order valence-electron chi connectivity index (χ3n) is 4.96. The molecule has 2 bridgehead atoms. The van der Waals surface area contributed by atoms with Crippen molar-refractivity contribution in [3.63, 3.8) is 0 Å². The topological polar surface area (TPSA) is 73.0 Å². The van der Waals surface area contributed by atoms with Crippen LogP contribution in [0.15, 0.2) is 6.20 Å². The fourth-order valence-electron chi connectivity index (χ4n) is 3.67. The molecule has 4 rings (SSSR count). The van der Waals surface area contributed by atoms with Gasteiger partial charge < -0.3 is 10.2 Å². The number of rotatable bonds is 2. The number of anilines is 2. The number of aromatic amines is 1. The second-order valence-electron chi connectivity index (χ2n) is 6.04. The molecule has 7 nitrogen and oxygen atoms in total. The zero-order chi connectivity index (χ0) is 14.4. The molecule has 2 saturated heterocycles. The van der Waals surface area contributed by atoms with Crippen molar-refractivity contribution in [1.82, 2.24) is 25.1 Å². The Morgan fingerprint density at radius 2 is 2.10 bits per heavy atom. The fraction of sp³-hybridized carbons (Fsp3) is 0.643. The van der Waals surface area contributed by atoms with Crippen molar-refractivity contribution in [1.29, 1.82) is 0 Å². The van der Waals surface area contributed by atoms with Crippen LogP contribution in [0.2, 0.25) is 0 Å². The van der Waals surface area contributed by atoms with Gasteiger partial charge in [0.05, 0.1) is 11.6 Å². The molecule has 2 atom stereocenters. The van der Waals surface area contributed by atoms with E-state index in [1.807, 2.05) is 13.2 Å². The van der Waals surface area contributed by atoms with Crippen LogP contribution in [0.4, 0.5) is 11.8 Å². The summed E-state index contributed by atoms with van der Waals surface area (Å²) in [5, 5.41) is 11.1. The molecule has 2 aromatic rings. The minimum Gasteiger partial charge on any atom is -0.357 e. The van der Waals surface area contributed by atoms with Crippen molar-refractivity contribution in [2.24, 2.45) is 0 Å². The van der Waals surface area contributed by atoms with Crippen LogP contribution in [0.3, 0.4) is 0 Å². The summed E-state index contributed by atoms with van der Waals surface area (Å²) in [7, 11) is 4.11. The first-order chi connectivity index (χ1) is 10.3. The number of H-pyrrole nitrogens is 1. The van der Waals surface area contributed by atoms with Crippen LogP contribution in [0, 0.1) is 0 Å². The van der Waals surface area contributed by atoms with Gasteiger partial charge >= 0.3 is 0 Å².